The third kappa shape index (κ3) is 4.05. The number of hydrogen-bond acceptors (Lipinski definition) is 3. The van der Waals surface area contributed by atoms with Crippen LogP contribution in [0, 0.1) is 19.8 Å². The minimum absolute atomic E-state index is 0.0283. The Balaban J connectivity index is 1.58. The van der Waals surface area contributed by atoms with Crippen LogP contribution in [0.3, 0.4) is 0 Å². The molecule has 3 heterocycles. The van der Waals surface area contributed by atoms with Crippen LogP contribution in [-0.4, -0.2) is 4.98 Å². The molecule has 0 radical (unpaired) electrons. The molecular formula is C35H35NOS. The number of pyridine rings is 1. The van der Waals surface area contributed by atoms with Gasteiger partial charge in [0, 0.05) is 33.2 Å². The van der Waals surface area contributed by atoms with Crippen LogP contribution in [0.15, 0.2) is 71.3 Å². The SMILES string of the molecule is Cc1oc2c(-c3sc4c(-c5cc(C(C)(C)C)c6ccccc6c5)nccc4c3C)cccc2c1CC(C)C. The summed E-state index contributed by atoms with van der Waals surface area (Å²) in [5.74, 6) is 1.62. The predicted octanol–water partition coefficient (Wildman–Crippen LogP) is 10.6. The van der Waals surface area contributed by atoms with Gasteiger partial charge in [0.1, 0.15) is 11.3 Å². The van der Waals surface area contributed by atoms with Gasteiger partial charge in [0.15, 0.2) is 0 Å². The van der Waals surface area contributed by atoms with Crippen LogP contribution in [-0.2, 0) is 11.8 Å². The van der Waals surface area contributed by atoms with Gasteiger partial charge in [-0.2, -0.15) is 0 Å². The van der Waals surface area contributed by atoms with E-state index in [9.17, 15) is 0 Å². The molecule has 192 valence electrons. The first-order valence-corrected chi connectivity index (χ1v) is 14.4. The van der Waals surface area contributed by atoms with Gasteiger partial charge in [-0.15, -0.1) is 11.3 Å². The molecular weight excluding hydrogens is 482 g/mol. The van der Waals surface area contributed by atoms with Crippen molar-refractivity contribution >= 4 is 43.2 Å². The van der Waals surface area contributed by atoms with Crippen LogP contribution < -0.4 is 0 Å². The van der Waals surface area contributed by atoms with E-state index >= 15 is 0 Å². The predicted molar refractivity (Wildman–Crippen MR) is 164 cm³/mol. The van der Waals surface area contributed by atoms with Crippen molar-refractivity contribution in [2.75, 3.05) is 0 Å². The molecule has 2 nitrogen and oxygen atoms in total. The van der Waals surface area contributed by atoms with Crippen molar-refractivity contribution < 1.29 is 4.42 Å². The van der Waals surface area contributed by atoms with Crippen molar-refractivity contribution in [2.45, 2.75) is 60.3 Å². The Morgan fingerprint density at radius 1 is 0.895 bits per heavy atom. The second kappa shape index (κ2) is 9.10. The first-order chi connectivity index (χ1) is 18.1. The molecule has 6 rings (SSSR count). The molecule has 0 aliphatic rings. The molecule has 0 spiro atoms. The molecule has 3 aromatic heterocycles. The van der Waals surface area contributed by atoms with Gasteiger partial charge in [-0.25, -0.2) is 0 Å². The Morgan fingerprint density at radius 3 is 2.42 bits per heavy atom. The number of thiophene rings is 1. The van der Waals surface area contributed by atoms with Gasteiger partial charge in [0.2, 0.25) is 0 Å². The highest BCUT2D eigenvalue weighted by molar-refractivity contribution is 7.23. The Morgan fingerprint density at radius 2 is 1.66 bits per heavy atom. The summed E-state index contributed by atoms with van der Waals surface area (Å²) in [5, 5.41) is 5.09. The standard InChI is InChI=1S/C35H35NOS/c1-20(2)17-29-22(4)37-32-27(29)13-10-14-28(32)33-21(3)25-15-16-36-31(34(25)38-33)24-18-23-11-8-9-12-26(23)30(19-24)35(5,6)7/h8-16,18-20H,17H2,1-7H3. The number of aromatic nitrogens is 1. The number of benzene rings is 3. The van der Waals surface area contributed by atoms with Gasteiger partial charge in [-0.1, -0.05) is 71.0 Å². The van der Waals surface area contributed by atoms with Crippen LogP contribution in [0.25, 0.3) is 53.5 Å². The minimum atomic E-state index is 0.0283. The highest BCUT2D eigenvalue weighted by Gasteiger charge is 2.22. The van der Waals surface area contributed by atoms with E-state index in [1.807, 2.05) is 17.5 Å². The fraction of sp³-hybridized carbons (Fsp3) is 0.286. The Kier molecular flexibility index (Phi) is 5.96. The highest BCUT2D eigenvalue weighted by Crippen LogP contribution is 2.46. The molecule has 0 aliphatic carbocycles. The molecule has 3 aromatic carbocycles. The molecule has 0 bridgehead atoms. The Bertz CT molecular complexity index is 1830. The molecule has 0 unspecified atom stereocenters. The first kappa shape index (κ1) is 24.9. The van der Waals surface area contributed by atoms with E-state index in [2.05, 4.69) is 109 Å². The van der Waals surface area contributed by atoms with Crippen LogP contribution in [0.2, 0.25) is 0 Å². The van der Waals surface area contributed by atoms with E-state index in [4.69, 9.17) is 9.40 Å². The maximum atomic E-state index is 6.44. The summed E-state index contributed by atoms with van der Waals surface area (Å²) in [6.07, 6.45) is 2.99. The van der Waals surface area contributed by atoms with E-state index in [1.165, 1.54) is 58.9 Å². The molecule has 6 aromatic rings. The summed E-state index contributed by atoms with van der Waals surface area (Å²) in [6.45, 7) is 15.8. The van der Waals surface area contributed by atoms with Crippen molar-refractivity contribution in [3.05, 3.63) is 89.3 Å². The molecule has 0 fully saturated rings. The topological polar surface area (TPSA) is 26.0 Å². The minimum Gasteiger partial charge on any atom is -0.460 e. The van der Waals surface area contributed by atoms with Crippen LogP contribution in [0.5, 0.6) is 0 Å². The van der Waals surface area contributed by atoms with E-state index in [1.54, 1.807) is 0 Å². The van der Waals surface area contributed by atoms with Crippen molar-refractivity contribution in [2.24, 2.45) is 5.92 Å². The van der Waals surface area contributed by atoms with E-state index in [0.717, 1.165) is 23.5 Å². The van der Waals surface area contributed by atoms with Crippen molar-refractivity contribution in [1.82, 2.24) is 4.98 Å². The average molecular weight is 518 g/mol. The maximum absolute atomic E-state index is 6.44. The zero-order valence-electron chi connectivity index (χ0n) is 23.4. The normalized spacial score (nSPS) is 12.4. The second-order valence-corrected chi connectivity index (χ2v) is 13.0. The zero-order chi connectivity index (χ0) is 26.8. The Labute approximate surface area is 229 Å². The molecule has 38 heavy (non-hydrogen) atoms. The smallest absolute Gasteiger partial charge is 0.143 e. The van der Waals surface area contributed by atoms with Crippen LogP contribution >= 0.6 is 11.3 Å². The van der Waals surface area contributed by atoms with Crippen molar-refractivity contribution in [3.8, 4) is 21.7 Å². The van der Waals surface area contributed by atoms with Crippen molar-refractivity contribution in [3.63, 3.8) is 0 Å². The van der Waals surface area contributed by atoms with Crippen LogP contribution in [0.4, 0.5) is 0 Å². The molecule has 0 aliphatic heterocycles. The number of aryl methyl sites for hydroxylation is 2. The van der Waals surface area contributed by atoms with Crippen molar-refractivity contribution in [1.29, 1.82) is 0 Å². The lowest BCUT2D eigenvalue weighted by Crippen LogP contribution is -2.12. The van der Waals surface area contributed by atoms with Gasteiger partial charge >= 0.3 is 0 Å². The largest absolute Gasteiger partial charge is 0.460 e. The summed E-state index contributed by atoms with van der Waals surface area (Å²) in [5.41, 5.74) is 8.43. The summed E-state index contributed by atoms with van der Waals surface area (Å²) < 4.78 is 7.68. The van der Waals surface area contributed by atoms with Gasteiger partial charge in [-0.3, -0.25) is 4.98 Å². The number of rotatable bonds is 4. The second-order valence-electron chi connectivity index (χ2n) is 12.0. The molecule has 0 atom stereocenters. The maximum Gasteiger partial charge on any atom is 0.143 e. The Hall–Kier alpha value is -3.43. The summed E-state index contributed by atoms with van der Waals surface area (Å²) >= 11 is 1.84. The average Bonchev–Trinajstić information content (AvgIpc) is 3.38. The molecule has 0 saturated heterocycles. The van der Waals surface area contributed by atoms with E-state index < -0.39 is 0 Å². The summed E-state index contributed by atoms with van der Waals surface area (Å²) in [6, 6.07) is 22.1. The fourth-order valence-electron chi connectivity index (χ4n) is 5.81. The summed E-state index contributed by atoms with van der Waals surface area (Å²) in [4.78, 5) is 6.22. The number of furan rings is 1. The zero-order valence-corrected chi connectivity index (χ0v) is 24.2. The number of hydrogen-bond donors (Lipinski definition) is 0. The third-order valence-electron chi connectivity index (χ3n) is 7.67. The van der Waals surface area contributed by atoms with Crippen LogP contribution in [0.1, 0.15) is 57.1 Å². The third-order valence-corrected chi connectivity index (χ3v) is 9.02. The lowest BCUT2D eigenvalue weighted by molar-refractivity contribution is 0.560. The van der Waals surface area contributed by atoms with Gasteiger partial charge < -0.3 is 4.42 Å². The quantitative estimate of drug-likeness (QED) is 0.232. The summed E-state index contributed by atoms with van der Waals surface area (Å²) in [7, 11) is 0. The fourth-order valence-corrected chi connectivity index (χ4v) is 7.14. The molecule has 0 amide bonds. The van der Waals surface area contributed by atoms with Gasteiger partial charge in [0.05, 0.1) is 10.4 Å². The lowest BCUT2D eigenvalue weighted by Gasteiger charge is -2.22. The van der Waals surface area contributed by atoms with E-state index in [-0.39, 0.29) is 5.41 Å². The number of para-hydroxylation sites is 1. The van der Waals surface area contributed by atoms with Gasteiger partial charge in [0.25, 0.3) is 0 Å². The first-order valence-electron chi connectivity index (χ1n) is 13.6. The molecule has 0 N–H and O–H groups in total. The number of nitrogens with zero attached hydrogens (tertiary/aromatic N) is 1. The molecule has 0 saturated carbocycles. The lowest BCUT2D eigenvalue weighted by atomic mass is 9.82. The molecule has 3 heteroatoms. The monoisotopic (exact) mass is 517 g/mol. The highest BCUT2D eigenvalue weighted by atomic mass is 32.1. The van der Waals surface area contributed by atoms with Gasteiger partial charge in [-0.05, 0) is 83.2 Å². The van der Waals surface area contributed by atoms with E-state index in [0.29, 0.717) is 5.92 Å². The number of fused-ring (bicyclic) bond motifs is 3.